The fourth-order valence-corrected chi connectivity index (χ4v) is 1.86. The van der Waals surface area contributed by atoms with Gasteiger partial charge in [-0.3, -0.25) is 0 Å². The summed E-state index contributed by atoms with van der Waals surface area (Å²) in [7, 11) is 10.9. The average Bonchev–Trinajstić information content (AvgIpc) is 2.21. The van der Waals surface area contributed by atoms with Gasteiger partial charge in [-0.25, -0.2) is 0 Å². The maximum absolute atomic E-state index is 2.44. The van der Waals surface area contributed by atoms with E-state index < -0.39 is 0 Å². The molecule has 0 bridgehead atoms. The molecule has 17 heavy (non-hydrogen) atoms. The van der Waals surface area contributed by atoms with E-state index in [0.29, 0.717) is 12.1 Å². The maximum Gasteiger partial charge on any atom is 0.0217 e. The Morgan fingerprint density at radius 1 is 0.882 bits per heavy atom. The van der Waals surface area contributed by atoms with Crippen LogP contribution in [0.3, 0.4) is 0 Å². The van der Waals surface area contributed by atoms with E-state index in [2.05, 4.69) is 63.8 Å². The van der Waals surface area contributed by atoms with Crippen molar-refractivity contribution in [2.45, 2.75) is 45.2 Å². The van der Waals surface area contributed by atoms with Gasteiger partial charge in [-0.15, -0.1) is 0 Å². The summed E-state index contributed by atoms with van der Waals surface area (Å²) in [6.07, 6.45) is 3.94. The van der Waals surface area contributed by atoms with Crippen LogP contribution in [0.4, 0.5) is 0 Å². The van der Waals surface area contributed by atoms with E-state index in [1.807, 2.05) is 0 Å². The van der Waals surface area contributed by atoms with E-state index in [9.17, 15) is 0 Å². The summed E-state index contributed by atoms with van der Waals surface area (Å²) in [4.78, 5) is 7.08. The van der Waals surface area contributed by atoms with Crippen LogP contribution in [-0.2, 0) is 0 Å². The Morgan fingerprint density at radius 2 is 1.47 bits per heavy atom. The van der Waals surface area contributed by atoms with Crippen LogP contribution >= 0.6 is 0 Å². The summed E-state index contributed by atoms with van der Waals surface area (Å²) in [5.74, 6) is 0. The zero-order chi connectivity index (χ0) is 13.4. The number of nitrogens with zero attached hydrogens (tertiary/aromatic N) is 3. The Kier molecular flexibility index (Phi) is 8.83. The second-order valence-electron chi connectivity index (χ2n) is 5.95. The lowest BCUT2D eigenvalue weighted by Crippen LogP contribution is -2.41. The first-order chi connectivity index (χ1) is 7.84. The van der Waals surface area contributed by atoms with Gasteiger partial charge in [0.05, 0.1) is 0 Å². The molecular weight excluding hydrogens is 210 g/mol. The summed E-state index contributed by atoms with van der Waals surface area (Å²) in [6, 6.07) is 1.32. The molecule has 0 radical (unpaired) electrons. The number of rotatable bonds is 9. The Morgan fingerprint density at radius 3 is 1.88 bits per heavy atom. The van der Waals surface area contributed by atoms with Crippen LogP contribution in [0.1, 0.15) is 33.1 Å². The van der Waals surface area contributed by atoms with Gasteiger partial charge < -0.3 is 14.7 Å². The fourth-order valence-electron chi connectivity index (χ4n) is 1.86. The Balaban J connectivity index is 3.91. The molecule has 0 heterocycles. The number of hydrogen-bond donors (Lipinski definition) is 0. The molecule has 0 aliphatic rings. The van der Waals surface area contributed by atoms with Crippen molar-refractivity contribution in [1.82, 2.24) is 14.7 Å². The van der Waals surface area contributed by atoms with Crippen molar-refractivity contribution in [2.24, 2.45) is 0 Å². The molecule has 0 saturated carbocycles. The molecule has 1 atom stereocenters. The van der Waals surface area contributed by atoms with Gasteiger partial charge >= 0.3 is 0 Å². The highest BCUT2D eigenvalue weighted by atomic mass is 15.2. The molecule has 104 valence electrons. The van der Waals surface area contributed by atoms with E-state index in [1.165, 1.54) is 32.4 Å². The van der Waals surface area contributed by atoms with Crippen LogP contribution in [-0.4, -0.2) is 75.1 Å². The number of likely N-dealkylation sites (N-methyl/N-ethyl adjacent to an activating group) is 2. The summed E-state index contributed by atoms with van der Waals surface area (Å²) in [5.41, 5.74) is 0. The summed E-state index contributed by atoms with van der Waals surface area (Å²) in [6.45, 7) is 6.91. The van der Waals surface area contributed by atoms with Gasteiger partial charge in [0.25, 0.3) is 0 Å². The molecule has 0 aromatic carbocycles. The third-order valence-corrected chi connectivity index (χ3v) is 3.50. The van der Waals surface area contributed by atoms with E-state index in [1.54, 1.807) is 0 Å². The van der Waals surface area contributed by atoms with Crippen LogP contribution in [0.2, 0.25) is 0 Å². The zero-order valence-corrected chi connectivity index (χ0v) is 13.0. The molecule has 0 spiro atoms. The average molecular weight is 243 g/mol. The SMILES string of the molecule is CC(C)N(C)CC(CCCCN(C)C)N(C)C. The predicted molar refractivity (Wildman–Crippen MR) is 77.6 cm³/mol. The molecule has 1 unspecified atom stereocenters. The van der Waals surface area contributed by atoms with Gasteiger partial charge in [0, 0.05) is 18.6 Å². The van der Waals surface area contributed by atoms with E-state index in [-0.39, 0.29) is 0 Å². The molecule has 0 fully saturated rings. The highest BCUT2D eigenvalue weighted by Gasteiger charge is 2.15. The molecule has 0 aliphatic carbocycles. The standard InChI is InChI=1S/C14H33N3/c1-13(2)17(7)12-14(16(5)6)10-8-9-11-15(3)4/h13-14H,8-12H2,1-7H3. The normalized spacial score (nSPS) is 14.3. The molecule has 0 aromatic heterocycles. The van der Waals surface area contributed by atoms with Crippen LogP contribution in [0.5, 0.6) is 0 Å². The third kappa shape index (κ3) is 8.58. The molecule has 0 saturated heterocycles. The predicted octanol–water partition coefficient (Wildman–Crippen LogP) is 1.99. The van der Waals surface area contributed by atoms with Crippen molar-refractivity contribution in [3.63, 3.8) is 0 Å². The second kappa shape index (κ2) is 8.90. The molecule has 0 aromatic rings. The monoisotopic (exact) mass is 243 g/mol. The lowest BCUT2D eigenvalue weighted by atomic mass is 10.1. The minimum absolute atomic E-state index is 0.638. The van der Waals surface area contributed by atoms with Crippen molar-refractivity contribution in [2.75, 3.05) is 48.3 Å². The first-order valence-corrected chi connectivity index (χ1v) is 6.86. The van der Waals surface area contributed by atoms with Crippen molar-refractivity contribution in [3.05, 3.63) is 0 Å². The van der Waals surface area contributed by atoms with Crippen molar-refractivity contribution in [1.29, 1.82) is 0 Å². The topological polar surface area (TPSA) is 9.72 Å². The van der Waals surface area contributed by atoms with E-state index >= 15 is 0 Å². The number of unbranched alkanes of at least 4 members (excludes halogenated alkanes) is 1. The largest absolute Gasteiger partial charge is 0.309 e. The van der Waals surface area contributed by atoms with Crippen molar-refractivity contribution < 1.29 is 0 Å². The van der Waals surface area contributed by atoms with Gasteiger partial charge in [0.1, 0.15) is 0 Å². The molecule has 3 nitrogen and oxygen atoms in total. The first-order valence-electron chi connectivity index (χ1n) is 6.86. The van der Waals surface area contributed by atoms with Crippen molar-refractivity contribution in [3.8, 4) is 0 Å². The lowest BCUT2D eigenvalue weighted by Gasteiger charge is -2.31. The van der Waals surface area contributed by atoms with Gasteiger partial charge in [-0.1, -0.05) is 6.42 Å². The summed E-state index contributed by atoms with van der Waals surface area (Å²) < 4.78 is 0. The van der Waals surface area contributed by atoms with E-state index in [4.69, 9.17) is 0 Å². The third-order valence-electron chi connectivity index (χ3n) is 3.50. The lowest BCUT2D eigenvalue weighted by molar-refractivity contribution is 0.171. The maximum atomic E-state index is 2.44. The quantitative estimate of drug-likeness (QED) is 0.574. The Labute approximate surface area is 109 Å². The van der Waals surface area contributed by atoms with Crippen LogP contribution in [0, 0.1) is 0 Å². The molecule has 0 rings (SSSR count). The highest BCUT2D eigenvalue weighted by molar-refractivity contribution is 4.72. The molecule has 0 N–H and O–H groups in total. The zero-order valence-electron chi connectivity index (χ0n) is 13.0. The molecule has 0 aliphatic heterocycles. The number of hydrogen-bond acceptors (Lipinski definition) is 3. The molecule has 3 heteroatoms. The van der Waals surface area contributed by atoms with Crippen LogP contribution < -0.4 is 0 Å². The summed E-state index contributed by atoms with van der Waals surface area (Å²) in [5, 5.41) is 0. The smallest absolute Gasteiger partial charge is 0.0217 e. The van der Waals surface area contributed by atoms with Crippen molar-refractivity contribution >= 4 is 0 Å². The van der Waals surface area contributed by atoms with E-state index in [0.717, 1.165) is 0 Å². The van der Waals surface area contributed by atoms with Gasteiger partial charge in [-0.05, 0) is 68.5 Å². The van der Waals surface area contributed by atoms with Crippen LogP contribution in [0.25, 0.3) is 0 Å². The molecule has 0 amide bonds. The van der Waals surface area contributed by atoms with Gasteiger partial charge in [-0.2, -0.15) is 0 Å². The van der Waals surface area contributed by atoms with Gasteiger partial charge in [0.2, 0.25) is 0 Å². The molecular formula is C14H33N3. The first kappa shape index (κ1) is 16.9. The minimum atomic E-state index is 0.638. The summed E-state index contributed by atoms with van der Waals surface area (Å²) >= 11 is 0. The van der Waals surface area contributed by atoms with Gasteiger partial charge in [0.15, 0.2) is 0 Å². The second-order valence-corrected chi connectivity index (χ2v) is 5.95. The highest BCUT2D eigenvalue weighted by Crippen LogP contribution is 2.09. The van der Waals surface area contributed by atoms with Crippen LogP contribution in [0.15, 0.2) is 0 Å². The Bertz CT molecular complexity index is 178. The fraction of sp³-hybridized carbons (Fsp3) is 1.00. The minimum Gasteiger partial charge on any atom is -0.309 e. The Hall–Kier alpha value is -0.120.